The van der Waals surface area contributed by atoms with E-state index in [1.807, 2.05) is 0 Å². The largest absolute Gasteiger partial charge is 1.00 e. The number of rotatable bonds is 7. The smallest absolute Gasteiger partial charge is 0.543 e. The first-order valence-electron chi connectivity index (χ1n) is 9.70. The number of nitrogens with two attached hydrogens (primary N) is 1. The van der Waals surface area contributed by atoms with Crippen LogP contribution in [0.15, 0.2) is 21.8 Å². The molecule has 2 fully saturated rings. The number of carbonyl (C=O) groups is 5. The molecule has 15 nitrogen and oxygen atoms in total. The Kier molecular flexibility index (Phi) is 8.91. The quantitative estimate of drug-likeness (QED) is 0.0521. The molecule has 4 amide bonds. The Morgan fingerprint density at radius 2 is 2.11 bits per heavy atom. The van der Waals surface area contributed by atoms with Crippen LogP contribution in [0.5, 0.6) is 0 Å². The van der Waals surface area contributed by atoms with Crippen LogP contribution in [0, 0.1) is 0 Å². The van der Waals surface area contributed by atoms with Crippen molar-refractivity contribution in [3.05, 3.63) is 22.3 Å². The van der Waals surface area contributed by atoms with Crippen molar-refractivity contribution in [3.8, 4) is 0 Å². The fraction of sp³-hybridized carbons (Fsp3) is 0.353. The van der Waals surface area contributed by atoms with E-state index >= 15 is 0 Å². The molecule has 0 saturated carbocycles. The SMILES string of the molecule is CN1NC(=O)C(=O)NC1SCC1=C(C(=O)[O-])N2C(=O)[C@H](NC(=O)C(=NO)c3csc(N)n3)[C@@H]2SC1.[Na+]. The zero-order valence-corrected chi connectivity index (χ0v) is 23.2. The van der Waals surface area contributed by atoms with Gasteiger partial charge in [0.05, 0.1) is 11.7 Å². The molecular formula is C17H17N8NaO7S3. The van der Waals surface area contributed by atoms with Crippen LogP contribution >= 0.6 is 34.9 Å². The molecule has 0 radical (unpaired) electrons. The summed E-state index contributed by atoms with van der Waals surface area (Å²) in [5.41, 5.74) is 6.88. The molecular weight excluding hydrogens is 547 g/mol. The monoisotopic (exact) mass is 564 g/mol. The van der Waals surface area contributed by atoms with Crippen LogP contribution in [0.4, 0.5) is 5.13 Å². The van der Waals surface area contributed by atoms with Crippen LogP contribution in [0.1, 0.15) is 5.69 Å². The number of nitrogens with one attached hydrogen (secondary N) is 3. The number of carbonyl (C=O) groups excluding carboxylic acids is 5. The summed E-state index contributed by atoms with van der Waals surface area (Å²) >= 11 is 3.39. The molecule has 0 aliphatic carbocycles. The van der Waals surface area contributed by atoms with Crippen LogP contribution in [-0.2, 0) is 24.0 Å². The topological polar surface area (TPSA) is 222 Å². The number of thiazole rings is 1. The summed E-state index contributed by atoms with van der Waals surface area (Å²) in [5.74, 6) is -4.44. The summed E-state index contributed by atoms with van der Waals surface area (Å²) < 4.78 is 0. The van der Waals surface area contributed by atoms with Crippen molar-refractivity contribution in [2.45, 2.75) is 16.9 Å². The maximum atomic E-state index is 12.8. The maximum absolute atomic E-state index is 12.8. The standard InChI is InChI=1S/C17H18N8O7S3.Na/c1-24-17(21-11(27)12(28)22-24)35-3-5-2-33-14-8(13(29)25(14)9(5)15(30)31)20-10(26)7(23-32)6-4-34-16(18)19-6;/h4,8,14,17,32H,2-3H2,1H3,(H2,18,19)(H,20,26)(H,21,27)(H,22,28)(H,30,31);/q;+1/p-1/t8-,14-,17?;/m0./s1. The number of hydrogen-bond acceptors (Lipinski definition) is 14. The van der Waals surface area contributed by atoms with Crippen molar-refractivity contribution in [1.29, 1.82) is 0 Å². The van der Waals surface area contributed by atoms with E-state index in [4.69, 9.17) is 5.73 Å². The first-order valence-corrected chi connectivity index (χ1v) is 12.7. The third-order valence-electron chi connectivity index (χ3n) is 5.11. The molecule has 1 aromatic heterocycles. The number of β-lactam (4-membered cyclic amide) rings is 1. The second kappa shape index (κ2) is 11.4. The van der Waals surface area contributed by atoms with Gasteiger partial charge in [0.25, 0.3) is 11.8 Å². The molecule has 36 heavy (non-hydrogen) atoms. The molecule has 4 rings (SSSR count). The van der Waals surface area contributed by atoms with Gasteiger partial charge in [0.15, 0.2) is 10.8 Å². The second-order valence-corrected chi connectivity index (χ2v) is 10.4. The van der Waals surface area contributed by atoms with E-state index in [-0.39, 0.29) is 57.6 Å². The van der Waals surface area contributed by atoms with Gasteiger partial charge in [-0.05, 0) is 5.57 Å². The molecule has 3 aliphatic rings. The average molecular weight is 565 g/mol. The Morgan fingerprint density at radius 1 is 1.39 bits per heavy atom. The summed E-state index contributed by atoms with van der Waals surface area (Å²) in [6, 6.07) is -1.07. The number of oxime groups is 1. The Balaban J connectivity index is 0.00000361. The number of hydrogen-bond donors (Lipinski definition) is 5. The summed E-state index contributed by atoms with van der Waals surface area (Å²) in [5, 5.41) is 31.2. The molecule has 2 saturated heterocycles. The minimum atomic E-state index is -1.56. The first-order chi connectivity index (χ1) is 16.6. The molecule has 1 unspecified atom stereocenters. The third kappa shape index (κ3) is 5.34. The maximum Gasteiger partial charge on any atom is 1.00 e. The van der Waals surface area contributed by atoms with E-state index in [1.165, 1.54) is 29.2 Å². The number of anilines is 1. The Morgan fingerprint density at radius 3 is 2.72 bits per heavy atom. The van der Waals surface area contributed by atoms with Gasteiger partial charge < -0.3 is 31.5 Å². The van der Waals surface area contributed by atoms with Crippen molar-refractivity contribution in [2.75, 3.05) is 24.3 Å². The summed E-state index contributed by atoms with van der Waals surface area (Å²) in [6.07, 6.45) is 0. The molecule has 3 aliphatic heterocycles. The van der Waals surface area contributed by atoms with E-state index in [9.17, 15) is 34.3 Å². The number of carboxylic acids is 1. The molecule has 6 N–H and O–H groups in total. The van der Waals surface area contributed by atoms with Crippen LogP contribution in [0.2, 0.25) is 0 Å². The second-order valence-electron chi connectivity index (χ2n) is 7.31. The van der Waals surface area contributed by atoms with Gasteiger partial charge in [-0.1, -0.05) is 5.16 Å². The fourth-order valence-corrected chi connectivity index (χ4v) is 6.57. The number of nitrogen functional groups attached to an aromatic ring is 1. The van der Waals surface area contributed by atoms with Gasteiger partial charge in [-0.3, -0.25) is 29.5 Å². The van der Waals surface area contributed by atoms with Crippen LogP contribution in [-0.4, -0.2) is 90.9 Å². The van der Waals surface area contributed by atoms with Crippen LogP contribution in [0.3, 0.4) is 0 Å². The minimum Gasteiger partial charge on any atom is -0.543 e. The zero-order valence-electron chi connectivity index (χ0n) is 18.7. The number of carboxylic acid groups (broad SMARTS) is 1. The molecule has 0 aromatic carbocycles. The molecule has 1 aromatic rings. The van der Waals surface area contributed by atoms with Gasteiger partial charge in [-0.2, -0.15) is 5.01 Å². The van der Waals surface area contributed by atoms with Gasteiger partial charge in [0, 0.05) is 23.9 Å². The summed E-state index contributed by atoms with van der Waals surface area (Å²) in [7, 11) is 1.53. The van der Waals surface area contributed by atoms with Gasteiger partial charge in [-0.15, -0.1) is 34.9 Å². The molecule has 0 spiro atoms. The minimum absolute atomic E-state index is 0. The predicted octanol–water partition coefficient (Wildman–Crippen LogP) is -6.58. The van der Waals surface area contributed by atoms with Crippen LogP contribution in [0.25, 0.3) is 0 Å². The van der Waals surface area contributed by atoms with E-state index < -0.39 is 52.2 Å². The first kappa shape index (κ1) is 28.2. The van der Waals surface area contributed by atoms with Gasteiger partial charge >= 0.3 is 41.4 Å². The fourth-order valence-electron chi connectivity index (χ4n) is 3.48. The number of aliphatic carboxylic acids is 1. The van der Waals surface area contributed by atoms with Crippen molar-refractivity contribution in [3.63, 3.8) is 0 Å². The van der Waals surface area contributed by atoms with Crippen molar-refractivity contribution in [1.82, 2.24) is 31.0 Å². The number of hydrazine groups is 1. The zero-order chi connectivity index (χ0) is 25.4. The molecule has 19 heteroatoms. The summed E-state index contributed by atoms with van der Waals surface area (Å²) in [4.78, 5) is 65.2. The van der Waals surface area contributed by atoms with E-state index in [0.717, 1.165) is 28.0 Å². The third-order valence-corrected chi connectivity index (χ3v) is 8.39. The average Bonchev–Trinajstić information content (AvgIpc) is 3.24. The Hall–Kier alpha value is -2.35. The number of nitrogens with zero attached hydrogens (tertiary/aromatic N) is 4. The van der Waals surface area contributed by atoms with Gasteiger partial charge in [-0.25, -0.2) is 4.98 Å². The number of fused-ring (bicyclic) bond motifs is 1. The number of amides is 4. The van der Waals surface area contributed by atoms with Gasteiger partial charge in [0.2, 0.25) is 0 Å². The molecule has 186 valence electrons. The molecule has 0 bridgehead atoms. The predicted molar refractivity (Wildman–Crippen MR) is 122 cm³/mol. The molecule has 3 atom stereocenters. The number of thioether (sulfide) groups is 2. The van der Waals surface area contributed by atoms with E-state index in [1.54, 1.807) is 0 Å². The van der Waals surface area contributed by atoms with E-state index in [0.29, 0.717) is 5.57 Å². The Bertz CT molecular complexity index is 1190. The van der Waals surface area contributed by atoms with Crippen molar-refractivity contribution in [2.24, 2.45) is 5.16 Å². The molecule has 4 heterocycles. The van der Waals surface area contributed by atoms with Crippen molar-refractivity contribution < 1.29 is 63.8 Å². The van der Waals surface area contributed by atoms with E-state index in [2.05, 4.69) is 26.2 Å². The number of aromatic nitrogens is 1. The summed E-state index contributed by atoms with van der Waals surface area (Å²) in [6.45, 7) is 0. The van der Waals surface area contributed by atoms with Crippen molar-refractivity contribution >= 4 is 75.3 Å². The van der Waals surface area contributed by atoms with Crippen LogP contribution < -0.4 is 56.5 Å². The Labute approximate surface area is 237 Å². The van der Waals surface area contributed by atoms with Gasteiger partial charge in [0.1, 0.15) is 22.6 Å². The normalized spacial score (nSPS) is 24.2.